The van der Waals surface area contributed by atoms with Gasteiger partial charge in [0.1, 0.15) is 11.6 Å². The Morgan fingerprint density at radius 1 is 1.32 bits per heavy atom. The maximum absolute atomic E-state index is 14.2. The third-order valence-electron chi connectivity index (χ3n) is 3.95. The first-order chi connectivity index (χ1) is 12.0. The number of benzene rings is 1. The minimum absolute atomic E-state index is 0.268. The second kappa shape index (κ2) is 9.02. The zero-order valence-corrected chi connectivity index (χ0v) is 15.0. The predicted molar refractivity (Wildman–Crippen MR) is 102 cm³/mol. The Balaban J connectivity index is 2.03. The molecule has 132 valence electrons. The van der Waals surface area contributed by atoms with Crippen LogP contribution in [0.5, 0.6) is 0 Å². The molecule has 0 aliphatic heterocycles. The summed E-state index contributed by atoms with van der Waals surface area (Å²) in [5.74, 6) is 0.641. The summed E-state index contributed by atoms with van der Waals surface area (Å²) in [5, 5.41) is 3.18. The highest BCUT2D eigenvalue weighted by molar-refractivity contribution is 5.64. The van der Waals surface area contributed by atoms with Gasteiger partial charge in [-0.1, -0.05) is 24.8 Å². The Morgan fingerprint density at radius 3 is 2.80 bits per heavy atom. The van der Waals surface area contributed by atoms with Crippen LogP contribution in [-0.4, -0.2) is 9.97 Å². The van der Waals surface area contributed by atoms with Crippen molar-refractivity contribution >= 4 is 5.70 Å². The number of halogens is 1. The molecule has 1 aromatic carbocycles. The average molecular weight is 339 g/mol. The van der Waals surface area contributed by atoms with Crippen molar-refractivity contribution in [1.29, 1.82) is 0 Å². The van der Waals surface area contributed by atoms with Crippen molar-refractivity contribution in [2.45, 2.75) is 39.5 Å². The molecule has 25 heavy (non-hydrogen) atoms. The molecule has 0 fully saturated rings. The summed E-state index contributed by atoms with van der Waals surface area (Å²) in [7, 11) is 0. The van der Waals surface area contributed by atoms with Crippen LogP contribution in [0.25, 0.3) is 5.70 Å². The molecule has 0 radical (unpaired) electrons. The number of nitrogens with one attached hydrogen (secondary N) is 2. The second-order valence-corrected chi connectivity index (χ2v) is 6.15. The number of aryl methyl sites for hydroxylation is 3. The molecule has 0 spiro atoms. The van der Waals surface area contributed by atoms with E-state index >= 15 is 0 Å². The number of aromatic nitrogens is 2. The molecule has 1 aromatic heterocycles. The molecule has 4 heteroatoms. The Bertz CT molecular complexity index is 771. The quantitative estimate of drug-likeness (QED) is 0.494. The second-order valence-electron chi connectivity index (χ2n) is 6.15. The molecule has 0 unspecified atom stereocenters. The molecule has 0 bridgehead atoms. The van der Waals surface area contributed by atoms with Crippen molar-refractivity contribution < 1.29 is 4.39 Å². The largest absolute Gasteiger partial charge is 0.359 e. The van der Waals surface area contributed by atoms with E-state index in [0.717, 1.165) is 48.5 Å². The van der Waals surface area contributed by atoms with Gasteiger partial charge in [-0.3, -0.25) is 0 Å². The highest BCUT2D eigenvalue weighted by Crippen LogP contribution is 2.19. The normalized spacial score (nSPS) is 11.4. The van der Waals surface area contributed by atoms with E-state index in [4.69, 9.17) is 0 Å². The zero-order chi connectivity index (χ0) is 18.2. The lowest BCUT2D eigenvalue weighted by Gasteiger charge is -2.12. The standard InChI is InChI=1S/C21H26FN3/c1-5-6-7-8-15(2)24-16(3)20-13-18(10-12-21(20)22)9-11-19-14-23-17(4)25-19/h5,8,10,12-14,24H,1,3,6-7,9,11H2,2,4H3,(H,23,25)/b15-8+. The summed E-state index contributed by atoms with van der Waals surface area (Å²) in [6.45, 7) is 11.6. The van der Waals surface area contributed by atoms with E-state index in [0.29, 0.717) is 11.3 Å². The molecule has 0 atom stereocenters. The lowest BCUT2D eigenvalue weighted by Crippen LogP contribution is -2.10. The molecule has 0 amide bonds. The fraction of sp³-hybridized carbons (Fsp3) is 0.286. The Hall–Kier alpha value is -2.62. The van der Waals surface area contributed by atoms with Gasteiger partial charge in [0, 0.05) is 23.2 Å². The van der Waals surface area contributed by atoms with Crippen LogP contribution in [0, 0.1) is 12.7 Å². The number of H-pyrrole nitrogens is 1. The van der Waals surface area contributed by atoms with Crippen molar-refractivity contribution in [3.63, 3.8) is 0 Å². The number of unbranched alkanes of at least 4 members (excludes halogenated alkanes) is 1. The number of rotatable bonds is 9. The predicted octanol–water partition coefficient (Wildman–Crippen LogP) is 5.07. The van der Waals surface area contributed by atoms with Gasteiger partial charge in [0.2, 0.25) is 0 Å². The molecule has 0 aliphatic carbocycles. The van der Waals surface area contributed by atoms with Crippen LogP contribution in [0.1, 0.15) is 42.4 Å². The number of imidazole rings is 1. The molecule has 2 aromatic rings. The van der Waals surface area contributed by atoms with Crippen molar-refractivity contribution in [3.05, 3.63) is 83.9 Å². The van der Waals surface area contributed by atoms with Crippen molar-refractivity contribution in [3.8, 4) is 0 Å². The summed E-state index contributed by atoms with van der Waals surface area (Å²) in [6, 6.07) is 5.18. The molecule has 0 aliphatic rings. The molecule has 0 saturated carbocycles. The van der Waals surface area contributed by atoms with E-state index in [1.54, 1.807) is 0 Å². The smallest absolute Gasteiger partial charge is 0.132 e. The maximum Gasteiger partial charge on any atom is 0.132 e. The minimum Gasteiger partial charge on any atom is -0.359 e. The van der Waals surface area contributed by atoms with Gasteiger partial charge in [0.15, 0.2) is 0 Å². The van der Waals surface area contributed by atoms with Gasteiger partial charge in [-0.25, -0.2) is 9.37 Å². The number of hydrogen-bond donors (Lipinski definition) is 2. The average Bonchev–Trinajstić information content (AvgIpc) is 2.99. The van der Waals surface area contributed by atoms with Crippen LogP contribution in [0.4, 0.5) is 4.39 Å². The van der Waals surface area contributed by atoms with Crippen LogP contribution >= 0.6 is 0 Å². The lowest BCUT2D eigenvalue weighted by molar-refractivity contribution is 0.621. The van der Waals surface area contributed by atoms with Crippen LogP contribution in [-0.2, 0) is 12.8 Å². The Kier molecular flexibility index (Phi) is 6.75. The van der Waals surface area contributed by atoms with E-state index in [1.165, 1.54) is 6.07 Å². The molecular formula is C21H26FN3. The summed E-state index contributed by atoms with van der Waals surface area (Å²) in [5.41, 5.74) is 4.12. The number of hydrogen-bond acceptors (Lipinski definition) is 2. The van der Waals surface area contributed by atoms with Gasteiger partial charge in [-0.05, 0) is 57.2 Å². The summed E-state index contributed by atoms with van der Waals surface area (Å²) in [6.07, 6.45) is 9.30. The highest BCUT2D eigenvalue weighted by atomic mass is 19.1. The van der Waals surface area contributed by atoms with Crippen LogP contribution < -0.4 is 5.32 Å². The third kappa shape index (κ3) is 5.75. The summed E-state index contributed by atoms with van der Waals surface area (Å²) >= 11 is 0. The fourth-order valence-corrected chi connectivity index (χ4v) is 2.60. The first-order valence-electron chi connectivity index (χ1n) is 8.53. The monoisotopic (exact) mass is 339 g/mol. The van der Waals surface area contributed by atoms with Gasteiger partial charge >= 0.3 is 0 Å². The molecule has 1 heterocycles. The molecule has 2 N–H and O–H groups in total. The molecule has 3 nitrogen and oxygen atoms in total. The van der Waals surface area contributed by atoms with Gasteiger partial charge < -0.3 is 10.3 Å². The highest BCUT2D eigenvalue weighted by Gasteiger charge is 2.08. The van der Waals surface area contributed by atoms with Crippen molar-refractivity contribution in [1.82, 2.24) is 15.3 Å². The van der Waals surface area contributed by atoms with E-state index in [2.05, 4.69) is 34.5 Å². The number of nitrogens with zero attached hydrogens (tertiary/aromatic N) is 1. The van der Waals surface area contributed by atoms with Crippen LogP contribution in [0.2, 0.25) is 0 Å². The minimum atomic E-state index is -0.268. The van der Waals surface area contributed by atoms with Crippen LogP contribution in [0.15, 0.2) is 55.4 Å². The molecule has 0 saturated heterocycles. The first-order valence-corrected chi connectivity index (χ1v) is 8.53. The van der Waals surface area contributed by atoms with Gasteiger partial charge in [-0.15, -0.1) is 6.58 Å². The number of aromatic amines is 1. The van der Waals surface area contributed by atoms with E-state index < -0.39 is 0 Å². The first kappa shape index (κ1) is 18.7. The van der Waals surface area contributed by atoms with Crippen LogP contribution in [0.3, 0.4) is 0 Å². The van der Waals surface area contributed by atoms with Gasteiger partial charge in [-0.2, -0.15) is 0 Å². The van der Waals surface area contributed by atoms with E-state index in [9.17, 15) is 4.39 Å². The maximum atomic E-state index is 14.2. The number of allylic oxidation sites excluding steroid dienone is 3. The Labute approximate surface area is 149 Å². The molecule has 2 rings (SSSR count). The Morgan fingerprint density at radius 2 is 2.12 bits per heavy atom. The van der Waals surface area contributed by atoms with E-state index in [-0.39, 0.29) is 5.82 Å². The topological polar surface area (TPSA) is 40.7 Å². The lowest BCUT2D eigenvalue weighted by atomic mass is 10.0. The molecular weight excluding hydrogens is 313 g/mol. The third-order valence-corrected chi connectivity index (χ3v) is 3.95. The van der Waals surface area contributed by atoms with Gasteiger partial charge in [0.25, 0.3) is 0 Å². The SMILES string of the molecule is C=CCC/C=C(\C)NC(=C)c1cc(CCc2c[nH]c(C)n2)ccc1F. The fourth-order valence-electron chi connectivity index (χ4n) is 2.60. The van der Waals surface area contributed by atoms with E-state index in [1.807, 2.05) is 38.3 Å². The summed E-state index contributed by atoms with van der Waals surface area (Å²) < 4.78 is 14.2. The summed E-state index contributed by atoms with van der Waals surface area (Å²) in [4.78, 5) is 7.48. The van der Waals surface area contributed by atoms with Crippen molar-refractivity contribution in [2.24, 2.45) is 0 Å². The van der Waals surface area contributed by atoms with Gasteiger partial charge in [0.05, 0.1) is 5.69 Å². The zero-order valence-electron chi connectivity index (χ0n) is 15.0. The van der Waals surface area contributed by atoms with Crippen molar-refractivity contribution in [2.75, 3.05) is 0 Å².